The average molecular weight is 186 g/mol. The van der Waals surface area contributed by atoms with E-state index in [1.807, 2.05) is 17.8 Å². The first kappa shape index (κ1) is 9.65. The van der Waals surface area contributed by atoms with Crippen molar-refractivity contribution in [2.24, 2.45) is 5.92 Å². The quantitative estimate of drug-likeness (QED) is 0.497. The second-order valence-corrected chi connectivity index (χ2v) is 4.04. The fourth-order valence-corrected chi connectivity index (χ4v) is 2.50. The lowest BCUT2D eigenvalue weighted by molar-refractivity contribution is -0.134. The van der Waals surface area contributed by atoms with Gasteiger partial charge in [-0.1, -0.05) is 6.08 Å². The van der Waals surface area contributed by atoms with Gasteiger partial charge >= 0.3 is 5.97 Å². The average Bonchev–Trinajstić information content (AvgIpc) is 2.57. The van der Waals surface area contributed by atoms with Gasteiger partial charge in [0.05, 0.1) is 7.11 Å². The summed E-state index contributed by atoms with van der Waals surface area (Å²) in [4.78, 5) is 10.7. The van der Waals surface area contributed by atoms with Gasteiger partial charge in [-0.15, -0.1) is 0 Å². The molecule has 0 aromatic carbocycles. The molecular weight excluding hydrogens is 172 g/mol. The van der Waals surface area contributed by atoms with Crippen molar-refractivity contribution in [3.63, 3.8) is 0 Å². The zero-order valence-electron chi connectivity index (χ0n) is 7.29. The summed E-state index contributed by atoms with van der Waals surface area (Å²) < 4.78 is 4.48. The second-order valence-electron chi connectivity index (χ2n) is 2.89. The molecule has 1 aliphatic rings. The van der Waals surface area contributed by atoms with Crippen LogP contribution in [0.4, 0.5) is 0 Å². The number of carbonyl (C=O) groups is 1. The number of ether oxygens (including phenoxy) is 1. The summed E-state index contributed by atoms with van der Waals surface area (Å²) in [6.45, 7) is 0. The minimum absolute atomic E-state index is 0.249. The summed E-state index contributed by atoms with van der Waals surface area (Å²) in [5.74, 6) is 3.04. The van der Waals surface area contributed by atoms with Crippen LogP contribution in [-0.2, 0) is 9.53 Å². The number of methoxy groups -OCH3 is 1. The molecule has 0 aromatic rings. The van der Waals surface area contributed by atoms with Gasteiger partial charge in [-0.05, 0) is 30.3 Å². The van der Waals surface area contributed by atoms with Crippen molar-refractivity contribution in [1.82, 2.24) is 0 Å². The van der Waals surface area contributed by atoms with E-state index in [1.54, 1.807) is 0 Å². The summed E-state index contributed by atoms with van der Waals surface area (Å²) in [5, 5.41) is 0. The topological polar surface area (TPSA) is 26.3 Å². The normalized spacial score (nSPS) is 23.2. The molecule has 0 aliphatic carbocycles. The molecule has 2 nitrogen and oxygen atoms in total. The smallest absolute Gasteiger partial charge is 0.330 e. The molecule has 0 bridgehead atoms. The van der Waals surface area contributed by atoms with Crippen molar-refractivity contribution in [3.05, 3.63) is 12.2 Å². The van der Waals surface area contributed by atoms with Crippen LogP contribution in [0.2, 0.25) is 0 Å². The molecule has 1 atom stereocenters. The van der Waals surface area contributed by atoms with Gasteiger partial charge in [0.15, 0.2) is 0 Å². The molecule has 1 unspecified atom stereocenters. The Kier molecular flexibility index (Phi) is 4.22. The molecule has 1 rings (SSSR count). The molecule has 0 aromatic heterocycles. The van der Waals surface area contributed by atoms with Crippen molar-refractivity contribution in [2.45, 2.75) is 12.8 Å². The fourth-order valence-electron chi connectivity index (χ4n) is 1.19. The third kappa shape index (κ3) is 3.30. The number of rotatable bonds is 3. The van der Waals surface area contributed by atoms with Crippen LogP contribution >= 0.6 is 11.8 Å². The lowest BCUT2D eigenvalue weighted by Crippen LogP contribution is -1.97. The van der Waals surface area contributed by atoms with E-state index in [4.69, 9.17) is 0 Å². The van der Waals surface area contributed by atoms with Crippen LogP contribution in [0.15, 0.2) is 12.2 Å². The maximum atomic E-state index is 10.7. The lowest BCUT2D eigenvalue weighted by Gasteiger charge is -2.01. The van der Waals surface area contributed by atoms with Crippen LogP contribution in [0.5, 0.6) is 0 Å². The number of carbonyl (C=O) groups excluding carboxylic acids is 1. The SMILES string of the molecule is COC(=O)/C=C\CC1CCSC1. The maximum Gasteiger partial charge on any atom is 0.330 e. The Morgan fingerprint density at radius 2 is 2.58 bits per heavy atom. The van der Waals surface area contributed by atoms with Crippen LogP contribution in [0.3, 0.4) is 0 Å². The van der Waals surface area contributed by atoms with Crippen LogP contribution in [0.1, 0.15) is 12.8 Å². The summed E-state index contributed by atoms with van der Waals surface area (Å²) >= 11 is 2.00. The summed E-state index contributed by atoms with van der Waals surface area (Å²) in [6, 6.07) is 0. The van der Waals surface area contributed by atoms with Gasteiger partial charge < -0.3 is 4.74 Å². The Morgan fingerprint density at radius 1 is 1.75 bits per heavy atom. The Hall–Kier alpha value is -0.440. The minimum atomic E-state index is -0.249. The van der Waals surface area contributed by atoms with E-state index >= 15 is 0 Å². The Balaban J connectivity index is 2.15. The first-order valence-corrected chi connectivity index (χ1v) is 5.30. The Morgan fingerprint density at radius 3 is 3.17 bits per heavy atom. The number of hydrogen-bond acceptors (Lipinski definition) is 3. The zero-order chi connectivity index (χ0) is 8.81. The monoisotopic (exact) mass is 186 g/mol. The van der Waals surface area contributed by atoms with E-state index in [-0.39, 0.29) is 5.97 Å². The van der Waals surface area contributed by atoms with Crippen LogP contribution in [0.25, 0.3) is 0 Å². The van der Waals surface area contributed by atoms with Gasteiger partial charge in [0.25, 0.3) is 0 Å². The van der Waals surface area contributed by atoms with E-state index in [9.17, 15) is 4.79 Å². The third-order valence-electron chi connectivity index (χ3n) is 1.95. The molecule has 0 saturated carbocycles. The number of thioether (sulfide) groups is 1. The van der Waals surface area contributed by atoms with Gasteiger partial charge in [0.1, 0.15) is 0 Å². The van der Waals surface area contributed by atoms with Crippen LogP contribution in [0, 0.1) is 5.92 Å². The predicted molar refractivity (Wildman–Crippen MR) is 51.2 cm³/mol. The standard InChI is InChI=1S/C9H14O2S/c1-11-9(10)4-2-3-8-5-6-12-7-8/h2,4,8H,3,5-7H2,1H3/b4-2-. The molecule has 0 spiro atoms. The maximum absolute atomic E-state index is 10.7. The van der Waals surface area contributed by atoms with E-state index in [0.29, 0.717) is 0 Å². The molecular formula is C9H14O2S. The van der Waals surface area contributed by atoms with Crippen molar-refractivity contribution in [3.8, 4) is 0 Å². The number of allylic oxidation sites excluding steroid dienone is 1. The first-order valence-electron chi connectivity index (χ1n) is 4.15. The summed E-state index contributed by atoms with van der Waals surface area (Å²) in [7, 11) is 1.40. The Bertz CT molecular complexity index is 171. The summed E-state index contributed by atoms with van der Waals surface area (Å²) in [6.07, 6.45) is 5.74. The highest BCUT2D eigenvalue weighted by atomic mass is 32.2. The largest absolute Gasteiger partial charge is 0.466 e. The molecule has 0 amide bonds. The van der Waals surface area contributed by atoms with Gasteiger partial charge in [-0.2, -0.15) is 11.8 Å². The van der Waals surface area contributed by atoms with Crippen molar-refractivity contribution >= 4 is 17.7 Å². The van der Waals surface area contributed by atoms with E-state index in [0.717, 1.165) is 12.3 Å². The molecule has 1 saturated heterocycles. The Labute approximate surface area is 77.4 Å². The van der Waals surface area contributed by atoms with E-state index in [1.165, 1.54) is 31.1 Å². The van der Waals surface area contributed by atoms with Crippen LogP contribution < -0.4 is 0 Å². The third-order valence-corrected chi connectivity index (χ3v) is 3.18. The summed E-state index contributed by atoms with van der Waals surface area (Å²) in [5.41, 5.74) is 0. The van der Waals surface area contributed by atoms with Gasteiger partial charge in [0.2, 0.25) is 0 Å². The predicted octanol–water partition coefficient (Wildman–Crippen LogP) is 1.86. The highest BCUT2D eigenvalue weighted by molar-refractivity contribution is 7.99. The molecule has 1 heterocycles. The molecule has 3 heteroatoms. The first-order chi connectivity index (χ1) is 5.83. The van der Waals surface area contributed by atoms with Gasteiger partial charge in [-0.3, -0.25) is 0 Å². The number of esters is 1. The molecule has 0 N–H and O–H groups in total. The van der Waals surface area contributed by atoms with Crippen molar-refractivity contribution < 1.29 is 9.53 Å². The van der Waals surface area contributed by atoms with Gasteiger partial charge in [0, 0.05) is 6.08 Å². The highest BCUT2D eigenvalue weighted by Gasteiger charge is 2.13. The molecule has 0 radical (unpaired) electrons. The molecule has 1 aliphatic heterocycles. The highest BCUT2D eigenvalue weighted by Crippen LogP contribution is 2.26. The van der Waals surface area contributed by atoms with E-state index < -0.39 is 0 Å². The lowest BCUT2D eigenvalue weighted by atomic mass is 10.1. The van der Waals surface area contributed by atoms with Crippen molar-refractivity contribution in [2.75, 3.05) is 18.6 Å². The van der Waals surface area contributed by atoms with Crippen molar-refractivity contribution in [1.29, 1.82) is 0 Å². The zero-order valence-corrected chi connectivity index (χ0v) is 8.10. The second kappa shape index (κ2) is 5.25. The minimum Gasteiger partial charge on any atom is -0.466 e. The van der Waals surface area contributed by atoms with E-state index in [2.05, 4.69) is 4.74 Å². The molecule has 12 heavy (non-hydrogen) atoms. The fraction of sp³-hybridized carbons (Fsp3) is 0.667. The molecule has 68 valence electrons. The van der Waals surface area contributed by atoms with Crippen LogP contribution in [-0.4, -0.2) is 24.6 Å². The van der Waals surface area contributed by atoms with Gasteiger partial charge in [-0.25, -0.2) is 4.79 Å². The number of hydrogen-bond donors (Lipinski definition) is 0. The molecule has 1 fully saturated rings.